The Hall–Kier alpha value is 11.6. The zero-order valence-electron chi connectivity index (χ0n) is 13.8. The van der Waals surface area contributed by atoms with Gasteiger partial charge in [-0.1, -0.05) is 25.8 Å². The van der Waals surface area contributed by atoms with Gasteiger partial charge in [0.25, 0.3) is 0 Å². The maximum Gasteiger partial charge on any atom is -0.000403 e. The van der Waals surface area contributed by atoms with E-state index in [1.165, 1.54) is 0 Å². The summed E-state index contributed by atoms with van der Waals surface area (Å²) in [6.07, 6.45) is 0. The van der Waals surface area contributed by atoms with Gasteiger partial charge in [-0.25, -0.2) is 0 Å². The second kappa shape index (κ2) is 21.3. The second-order valence-corrected chi connectivity index (χ2v) is 109. The standard InChI is InChI=1S/H27P27/c1-15-22(14)26(23(16(2)3)17(4)5)27(24(18(6)7)19(8)9)25(20(10)11)21(12)13/h1-2,15H,3-14H2. The summed E-state index contributed by atoms with van der Waals surface area (Å²) in [7, 11) is 48.0. The van der Waals surface area contributed by atoms with Crippen LogP contribution in [0.4, 0.5) is 0 Å². The Morgan fingerprint density at radius 3 is 0.926 bits per heavy atom. The SMILES string of the molecule is [PH]PP(P)P(P(P([PH])P)P(P)P)P(P(P(P)P)P(P)P)P(P(P)P)P(P)P. The van der Waals surface area contributed by atoms with E-state index in [2.05, 4.69) is 125 Å². The lowest BCUT2D eigenvalue weighted by Crippen LogP contribution is -1.62. The minimum atomic E-state index is -0.140. The van der Waals surface area contributed by atoms with Gasteiger partial charge in [-0.15, -0.1) is 107 Å². The van der Waals surface area contributed by atoms with Crippen molar-refractivity contribution in [3.05, 3.63) is 0 Å². The topological polar surface area (TPSA) is 0 Å². The Bertz CT molecular complexity index is 329. The van der Waals surface area contributed by atoms with Gasteiger partial charge in [0.15, 0.2) is 0 Å². The lowest BCUT2D eigenvalue weighted by atomic mass is 28.5. The highest BCUT2D eigenvalue weighted by Crippen LogP contribution is 3.36. The first kappa shape index (κ1) is 38.6. The molecular weight excluding hydrogens is 836 g/mol. The van der Waals surface area contributed by atoms with E-state index in [-0.39, 0.29) is 83.8 Å². The van der Waals surface area contributed by atoms with Gasteiger partial charge < -0.3 is 0 Å². The van der Waals surface area contributed by atoms with Crippen molar-refractivity contribution in [2.24, 2.45) is 0 Å². The maximum atomic E-state index is 4.17. The molecule has 0 aromatic carbocycles. The maximum absolute atomic E-state index is 4.17. The molecule has 27 heavy (non-hydrogen) atoms. The summed E-state index contributed by atoms with van der Waals surface area (Å²) in [4.78, 5) is 0. The van der Waals surface area contributed by atoms with Gasteiger partial charge in [0, 0.05) is 0 Å². The molecule has 0 aromatic heterocycles. The van der Waals surface area contributed by atoms with Gasteiger partial charge in [-0.3, -0.25) is 0 Å². The first-order valence-electron chi connectivity index (χ1n) is 6.00. The number of rotatable bonds is 12. The summed E-state index contributed by atoms with van der Waals surface area (Å²) in [5.41, 5.74) is 0. The zero-order valence-corrected chi connectivity index (χ0v) is 41.4. The molecule has 0 heterocycles. The molecular formula is H27P27. The van der Waals surface area contributed by atoms with Crippen LogP contribution in [0.5, 0.6) is 0 Å². The number of hydrogen-bond acceptors (Lipinski definition) is 0. The summed E-state index contributed by atoms with van der Waals surface area (Å²) < 4.78 is 0. The van der Waals surface area contributed by atoms with Crippen molar-refractivity contribution in [2.75, 3.05) is 0 Å². The first-order chi connectivity index (χ1) is 12.3. The summed E-state index contributed by atoms with van der Waals surface area (Å²) in [5.74, 6) is 0. The lowest BCUT2D eigenvalue weighted by Gasteiger charge is -2.50. The molecule has 0 amide bonds. The lowest BCUT2D eigenvalue weighted by molar-refractivity contribution is 4.44. The normalized spacial score (nSPS) is 16.4. The Labute approximate surface area is 214 Å². The molecule has 0 aliphatic carbocycles. The van der Waals surface area contributed by atoms with Crippen LogP contribution in [0, 0.1) is 0 Å². The molecule has 0 rings (SSSR count). The third-order valence-electron chi connectivity index (χ3n) is 2.17. The van der Waals surface area contributed by atoms with Gasteiger partial charge in [-0.05, 0) is 83.8 Å². The highest BCUT2D eigenvalue weighted by atomic mass is 33.5. The van der Waals surface area contributed by atoms with E-state index in [4.69, 9.17) is 0 Å². The molecule has 162 valence electrons. The van der Waals surface area contributed by atoms with E-state index < -0.39 is 0 Å². The molecule has 0 saturated carbocycles. The van der Waals surface area contributed by atoms with E-state index in [1.54, 1.807) is 0 Å². The number of hydrogen-bond donors (Lipinski definition) is 0. The van der Waals surface area contributed by atoms with Crippen LogP contribution in [0.1, 0.15) is 0 Å². The highest BCUT2D eigenvalue weighted by molar-refractivity contribution is 9.42. The molecule has 0 bridgehead atoms. The highest BCUT2D eigenvalue weighted by Gasteiger charge is 2.48. The summed E-state index contributed by atoms with van der Waals surface area (Å²) in [6, 6.07) is 0. The van der Waals surface area contributed by atoms with Gasteiger partial charge in [0.05, 0.1) is 0 Å². The first-order valence-corrected chi connectivity index (χ1v) is 54.0. The predicted octanol–water partition coefficient (Wildman–Crippen LogP) is 16.0. The molecule has 17 unspecified atom stereocenters. The average molecular weight is 864 g/mol. The summed E-state index contributed by atoms with van der Waals surface area (Å²) >= 11 is 0. The van der Waals surface area contributed by atoms with Crippen molar-refractivity contribution in [1.29, 1.82) is 0 Å². The fraction of sp³-hybridized carbons (Fsp3) is 0. The third-order valence-corrected chi connectivity index (χ3v) is 176. The summed E-state index contributed by atoms with van der Waals surface area (Å²) in [6.45, 7) is -0.152. The Morgan fingerprint density at radius 2 is 0.741 bits per heavy atom. The monoisotopic (exact) mass is 864 g/mol. The molecule has 17 atom stereocenters. The van der Waals surface area contributed by atoms with Crippen LogP contribution >= 0.6 is 217 Å². The molecule has 0 N–H and O–H groups in total. The Kier molecular flexibility index (Phi) is 30.5. The molecule has 27 heteroatoms. The van der Waals surface area contributed by atoms with Gasteiger partial charge in [0.1, 0.15) is 0 Å². The molecule has 0 nitrogen and oxygen atoms in total. The minimum absolute atomic E-state index is 0.00784. The molecule has 0 fully saturated rings. The van der Waals surface area contributed by atoms with Crippen LogP contribution in [0.15, 0.2) is 0 Å². The van der Waals surface area contributed by atoms with Crippen LogP contribution < -0.4 is 0 Å². The zero-order chi connectivity index (χ0) is 21.6. The van der Waals surface area contributed by atoms with Crippen molar-refractivity contribution in [3.8, 4) is 0 Å². The van der Waals surface area contributed by atoms with E-state index in [1.807, 2.05) is 0 Å². The van der Waals surface area contributed by atoms with Crippen LogP contribution in [0.25, 0.3) is 0 Å². The molecule has 0 aromatic rings. The van der Waals surface area contributed by atoms with Crippen molar-refractivity contribution >= 4 is 217 Å². The van der Waals surface area contributed by atoms with Crippen molar-refractivity contribution < 1.29 is 0 Å². The van der Waals surface area contributed by atoms with E-state index in [9.17, 15) is 0 Å². The van der Waals surface area contributed by atoms with Crippen molar-refractivity contribution in [2.45, 2.75) is 0 Å². The Balaban J connectivity index is 6.66. The molecule has 2 radical (unpaired) electrons. The van der Waals surface area contributed by atoms with Crippen LogP contribution in [0.2, 0.25) is 0 Å². The van der Waals surface area contributed by atoms with Gasteiger partial charge in [-0.2, -0.15) is 0 Å². The van der Waals surface area contributed by atoms with Gasteiger partial charge >= 0.3 is 0 Å². The van der Waals surface area contributed by atoms with Crippen molar-refractivity contribution in [3.63, 3.8) is 0 Å². The van der Waals surface area contributed by atoms with Crippen LogP contribution in [-0.4, -0.2) is 0 Å². The fourth-order valence-electron chi connectivity index (χ4n) is 1.40. The average Bonchev–Trinajstić information content (AvgIpc) is 2.48. The summed E-state index contributed by atoms with van der Waals surface area (Å²) in [5, 5.41) is 0. The Morgan fingerprint density at radius 1 is 0.444 bits per heavy atom. The molecule has 0 aliphatic rings. The molecule has 0 spiro atoms. The third kappa shape index (κ3) is 14.4. The van der Waals surface area contributed by atoms with Gasteiger partial charge in [0.2, 0.25) is 0 Å². The quantitative estimate of drug-likeness (QED) is 0.172. The minimum Gasteiger partial charge on any atom is -0.102 e. The predicted molar refractivity (Wildman–Crippen MR) is 225 cm³/mol. The van der Waals surface area contributed by atoms with E-state index in [0.29, 0.717) is 0 Å². The van der Waals surface area contributed by atoms with Crippen molar-refractivity contribution in [1.82, 2.24) is 0 Å². The van der Waals surface area contributed by atoms with E-state index in [0.717, 1.165) is 7.96 Å². The molecule has 0 saturated heterocycles. The second-order valence-electron chi connectivity index (χ2n) is 4.04. The van der Waals surface area contributed by atoms with Crippen LogP contribution in [-0.2, 0) is 0 Å². The fourth-order valence-corrected chi connectivity index (χ4v) is 340. The molecule has 0 aliphatic heterocycles. The smallest absolute Gasteiger partial charge is 0.000403 e. The van der Waals surface area contributed by atoms with Crippen LogP contribution in [0.3, 0.4) is 0 Å². The largest absolute Gasteiger partial charge is 0.102 e. The van der Waals surface area contributed by atoms with E-state index >= 15 is 0 Å².